The molecule has 1 aromatic rings. The number of benzene rings is 1. The van der Waals surface area contributed by atoms with Crippen molar-refractivity contribution in [3.05, 3.63) is 28.8 Å². The Kier molecular flexibility index (Phi) is 3.92. The first-order valence-corrected chi connectivity index (χ1v) is 6.02. The second kappa shape index (κ2) is 5.29. The Bertz CT molecular complexity index is 635. The number of halogens is 6. The molecule has 0 aromatic heterocycles. The van der Waals surface area contributed by atoms with Crippen LogP contribution < -0.4 is 4.74 Å². The molecule has 0 saturated carbocycles. The van der Waals surface area contributed by atoms with Gasteiger partial charge in [-0.25, -0.2) is 0 Å². The second-order valence-electron chi connectivity index (χ2n) is 4.48. The van der Waals surface area contributed by atoms with Crippen LogP contribution >= 0.6 is 0 Å². The summed E-state index contributed by atoms with van der Waals surface area (Å²) in [5, 5.41) is 0. The monoisotopic (exact) mass is 326 g/mol. The summed E-state index contributed by atoms with van der Waals surface area (Å²) in [4.78, 5) is 23.1. The molecule has 2 rings (SSSR count). The van der Waals surface area contributed by atoms with Gasteiger partial charge in [0.05, 0.1) is 30.0 Å². The van der Waals surface area contributed by atoms with E-state index in [4.69, 9.17) is 4.74 Å². The van der Waals surface area contributed by atoms with Gasteiger partial charge in [0.15, 0.2) is 0 Å². The van der Waals surface area contributed by atoms with E-state index in [1.807, 2.05) is 0 Å². The fourth-order valence-corrected chi connectivity index (χ4v) is 2.06. The topological polar surface area (TPSA) is 43.4 Å². The zero-order chi connectivity index (χ0) is 16.7. The van der Waals surface area contributed by atoms with Gasteiger partial charge < -0.3 is 4.74 Å². The van der Waals surface area contributed by atoms with Gasteiger partial charge in [-0.2, -0.15) is 22.0 Å². The Morgan fingerprint density at radius 2 is 1.64 bits per heavy atom. The molecule has 9 heteroatoms. The summed E-state index contributed by atoms with van der Waals surface area (Å²) in [5.74, 6) is -9.42. The number of Topliss-reactive ketones (excluding diaryl/α,β-unsaturated/α-hetero) is 2. The fraction of sp³-hybridized carbons (Fsp3) is 0.385. The van der Waals surface area contributed by atoms with Crippen molar-refractivity contribution < 1.29 is 40.7 Å². The van der Waals surface area contributed by atoms with Crippen LogP contribution in [0.4, 0.5) is 26.3 Å². The van der Waals surface area contributed by atoms with Crippen molar-refractivity contribution in [2.45, 2.75) is 18.5 Å². The number of carbonyl (C=O) groups excluding carboxylic acids is 2. The van der Waals surface area contributed by atoms with Crippen molar-refractivity contribution in [3.63, 3.8) is 0 Å². The van der Waals surface area contributed by atoms with Crippen LogP contribution in [0, 0.1) is 0 Å². The molecule has 22 heavy (non-hydrogen) atoms. The third-order valence-electron chi connectivity index (χ3n) is 3.03. The lowest BCUT2D eigenvalue weighted by atomic mass is 10.0. The zero-order valence-corrected chi connectivity index (χ0v) is 10.8. The summed E-state index contributed by atoms with van der Waals surface area (Å²) in [7, 11) is 0. The highest BCUT2D eigenvalue weighted by atomic mass is 19.4. The molecule has 0 atom stereocenters. The lowest BCUT2D eigenvalue weighted by Crippen LogP contribution is -2.30. The van der Waals surface area contributed by atoms with Crippen molar-refractivity contribution in [1.29, 1.82) is 0 Å². The minimum absolute atomic E-state index is 0.145. The summed E-state index contributed by atoms with van der Waals surface area (Å²) in [5.41, 5.74) is -4.14. The lowest BCUT2D eigenvalue weighted by Gasteiger charge is -2.13. The summed E-state index contributed by atoms with van der Waals surface area (Å²) in [6.07, 6.45) is -5.23. The van der Waals surface area contributed by atoms with Crippen molar-refractivity contribution in [1.82, 2.24) is 0 Å². The number of ketones is 2. The van der Waals surface area contributed by atoms with Gasteiger partial charge in [0.25, 0.3) is 0 Å². The van der Waals surface area contributed by atoms with Gasteiger partial charge in [-0.05, 0) is 12.1 Å². The maximum absolute atomic E-state index is 13.5. The van der Waals surface area contributed by atoms with Crippen LogP contribution in [0.25, 0.3) is 0 Å². The molecule has 0 spiro atoms. The standard InChI is InChI=1S/C13H8F6O3/c14-4-1-5-22-7-3-2-6(13(17,18)19)8-9(7)11(21)12(15,16)10(8)20/h2-3H,1,4-5H2. The van der Waals surface area contributed by atoms with Gasteiger partial charge in [0, 0.05) is 6.42 Å². The average Bonchev–Trinajstić information content (AvgIpc) is 2.60. The van der Waals surface area contributed by atoms with Gasteiger partial charge in [0.2, 0.25) is 11.6 Å². The van der Waals surface area contributed by atoms with Crippen LogP contribution in [0.2, 0.25) is 0 Å². The highest BCUT2D eigenvalue weighted by molar-refractivity contribution is 6.32. The molecule has 0 heterocycles. The average molecular weight is 326 g/mol. The van der Waals surface area contributed by atoms with Gasteiger partial charge in [-0.1, -0.05) is 0 Å². The normalized spacial score (nSPS) is 16.8. The number of carbonyl (C=O) groups is 2. The molecule has 1 aromatic carbocycles. The van der Waals surface area contributed by atoms with Crippen molar-refractivity contribution in [2.75, 3.05) is 13.3 Å². The molecule has 0 saturated heterocycles. The Hall–Kier alpha value is -2.06. The van der Waals surface area contributed by atoms with E-state index in [0.717, 1.165) is 0 Å². The Labute approximate surface area is 119 Å². The lowest BCUT2D eigenvalue weighted by molar-refractivity contribution is -0.138. The number of ether oxygens (including phenoxy) is 1. The quantitative estimate of drug-likeness (QED) is 0.483. The zero-order valence-electron chi connectivity index (χ0n) is 10.8. The predicted octanol–water partition coefficient (Wildman–Crippen LogP) is 3.46. The third kappa shape index (κ3) is 2.44. The van der Waals surface area contributed by atoms with Gasteiger partial charge in [0.1, 0.15) is 5.75 Å². The van der Waals surface area contributed by atoms with E-state index >= 15 is 0 Å². The van der Waals surface area contributed by atoms with Gasteiger partial charge in [-0.15, -0.1) is 0 Å². The van der Waals surface area contributed by atoms with Crippen molar-refractivity contribution in [3.8, 4) is 5.75 Å². The number of alkyl halides is 6. The molecular weight excluding hydrogens is 318 g/mol. The minimum Gasteiger partial charge on any atom is -0.493 e. The van der Waals surface area contributed by atoms with Gasteiger partial charge >= 0.3 is 12.1 Å². The number of rotatable bonds is 4. The first-order chi connectivity index (χ1) is 10.1. The van der Waals surface area contributed by atoms with E-state index in [9.17, 15) is 35.9 Å². The van der Waals surface area contributed by atoms with E-state index in [2.05, 4.69) is 0 Å². The Morgan fingerprint density at radius 1 is 1.05 bits per heavy atom. The van der Waals surface area contributed by atoms with Crippen LogP contribution in [0.3, 0.4) is 0 Å². The number of fused-ring (bicyclic) bond motifs is 1. The van der Waals surface area contributed by atoms with Crippen molar-refractivity contribution >= 4 is 11.6 Å². The first-order valence-electron chi connectivity index (χ1n) is 6.02. The summed E-state index contributed by atoms with van der Waals surface area (Å²) in [6.45, 7) is -1.13. The van der Waals surface area contributed by atoms with E-state index in [1.54, 1.807) is 0 Å². The van der Waals surface area contributed by atoms with Crippen molar-refractivity contribution in [2.24, 2.45) is 0 Å². The molecule has 0 amide bonds. The van der Waals surface area contributed by atoms with Crippen LogP contribution in [0.15, 0.2) is 12.1 Å². The molecule has 0 aliphatic heterocycles. The predicted molar refractivity (Wildman–Crippen MR) is 61.1 cm³/mol. The highest BCUT2D eigenvalue weighted by Gasteiger charge is 2.59. The van der Waals surface area contributed by atoms with E-state index in [1.165, 1.54) is 0 Å². The molecule has 1 aliphatic rings. The minimum atomic E-state index is -5.09. The fourth-order valence-electron chi connectivity index (χ4n) is 2.06. The second-order valence-corrected chi connectivity index (χ2v) is 4.48. The summed E-state index contributed by atoms with van der Waals surface area (Å²) >= 11 is 0. The molecule has 3 nitrogen and oxygen atoms in total. The smallest absolute Gasteiger partial charge is 0.417 e. The summed E-state index contributed by atoms with van der Waals surface area (Å²) < 4.78 is 82.3. The molecule has 0 unspecified atom stereocenters. The van der Waals surface area contributed by atoms with E-state index in [-0.39, 0.29) is 13.0 Å². The largest absolute Gasteiger partial charge is 0.493 e. The van der Waals surface area contributed by atoms with Crippen LogP contribution in [-0.2, 0) is 6.18 Å². The maximum atomic E-state index is 13.5. The van der Waals surface area contributed by atoms with Crippen LogP contribution in [-0.4, -0.2) is 30.8 Å². The number of hydrogen-bond acceptors (Lipinski definition) is 3. The van der Waals surface area contributed by atoms with Crippen LogP contribution in [0.5, 0.6) is 5.75 Å². The molecular formula is C13H8F6O3. The molecule has 0 bridgehead atoms. The number of hydrogen-bond donors (Lipinski definition) is 0. The van der Waals surface area contributed by atoms with E-state index in [0.29, 0.717) is 12.1 Å². The highest BCUT2D eigenvalue weighted by Crippen LogP contribution is 2.45. The Morgan fingerprint density at radius 3 is 2.18 bits per heavy atom. The molecule has 120 valence electrons. The SMILES string of the molecule is O=C1c2c(OCCCF)ccc(C(F)(F)F)c2C(=O)C1(F)F. The molecule has 0 fully saturated rings. The third-order valence-corrected chi connectivity index (χ3v) is 3.03. The molecule has 0 radical (unpaired) electrons. The van der Waals surface area contributed by atoms with Gasteiger partial charge in [-0.3, -0.25) is 14.0 Å². The van der Waals surface area contributed by atoms with E-state index < -0.39 is 52.8 Å². The molecule has 1 aliphatic carbocycles. The maximum Gasteiger partial charge on any atom is 0.417 e. The Balaban J connectivity index is 2.61. The molecule has 0 N–H and O–H groups in total. The summed E-state index contributed by atoms with van der Waals surface area (Å²) in [6, 6.07) is 1.06. The van der Waals surface area contributed by atoms with Crippen LogP contribution in [0.1, 0.15) is 32.7 Å². The first kappa shape index (κ1) is 16.3.